The van der Waals surface area contributed by atoms with Gasteiger partial charge in [-0.2, -0.15) is 0 Å². The minimum atomic E-state index is -0.400. The van der Waals surface area contributed by atoms with E-state index in [4.69, 9.17) is 11.6 Å². The van der Waals surface area contributed by atoms with E-state index in [1.165, 1.54) is 0 Å². The van der Waals surface area contributed by atoms with Crippen LogP contribution in [0.3, 0.4) is 0 Å². The van der Waals surface area contributed by atoms with Gasteiger partial charge in [0, 0.05) is 30.8 Å². The Hall–Kier alpha value is -1.53. The molecule has 5 nitrogen and oxygen atoms in total. The van der Waals surface area contributed by atoms with Crippen LogP contribution in [0.15, 0.2) is 29.4 Å². The molecule has 3 rings (SSSR count). The summed E-state index contributed by atoms with van der Waals surface area (Å²) >= 11 is 7.72. The predicted octanol–water partition coefficient (Wildman–Crippen LogP) is 4.00. The molecule has 0 unspecified atom stereocenters. The van der Waals surface area contributed by atoms with Crippen molar-refractivity contribution < 1.29 is 4.79 Å². The number of carbonyl (C=O) groups is 1. The summed E-state index contributed by atoms with van der Waals surface area (Å²) in [5.74, 6) is 2.64. The van der Waals surface area contributed by atoms with Crippen molar-refractivity contribution >= 4 is 29.3 Å². The Bertz CT molecular complexity index is 784. The van der Waals surface area contributed by atoms with Crippen LogP contribution in [0.25, 0.3) is 0 Å². The number of nitrogens with one attached hydrogen (secondary N) is 1. The second-order valence-corrected chi connectivity index (χ2v) is 9.03. The summed E-state index contributed by atoms with van der Waals surface area (Å²) in [6.45, 7) is 4.95. The van der Waals surface area contributed by atoms with Crippen LogP contribution in [0.5, 0.6) is 0 Å². The fourth-order valence-electron chi connectivity index (χ4n) is 3.33. The highest BCUT2D eigenvalue weighted by molar-refractivity contribution is 7.99. The van der Waals surface area contributed by atoms with Crippen molar-refractivity contribution in [1.29, 1.82) is 0 Å². The molecule has 1 fully saturated rings. The van der Waals surface area contributed by atoms with Crippen LogP contribution in [0, 0.1) is 5.92 Å². The third-order valence-corrected chi connectivity index (χ3v) is 6.84. The molecule has 1 aliphatic carbocycles. The topological polar surface area (TPSA) is 59.8 Å². The number of carbonyl (C=O) groups excluding carboxylic acids is 1. The molecular formula is C20H27ClN4OS. The van der Waals surface area contributed by atoms with Crippen molar-refractivity contribution in [3.8, 4) is 0 Å². The number of rotatable bonds is 8. The van der Waals surface area contributed by atoms with Crippen LogP contribution in [-0.2, 0) is 23.7 Å². The Morgan fingerprint density at radius 3 is 2.59 bits per heavy atom. The lowest BCUT2D eigenvalue weighted by Gasteiger charge is -2.40. The lowest BCUT2D eigenvalue weighted by Crippen LogP contribution is -2.49. The van der Waals surface area contributed by atoms with Crippen LogP contribution >= 0.6 is 23.4 Å². The number of amides is 1. The molecule has 146 valence electrons. The predicted molar refractivity (Wildman–Crippen MR) is 110 cm³/mol. The molecule has 1 heterocycles. The van der Waals surface area contributed by atoms with Crippen LogP contribution in [0.2, 0.25) is 5.02 Å². The highest BCUT2D eigenvalue weighted by atomic mass is 35.5. The highest BCUT2D eigenvalue weighted by Gasteiger charge is 2.45. The first-order chi connectivity index (χ1) is 12.9. The molecule has 7 heteroatoms. The van der Waals surface area contributed by atoms with Gasteiger partial charge in [0.25, 0.3) is 0 Å². The summed E-state index contributed by atoms with van der Waals surface area (Å²) in [5.41, 5.74) is 0.657. The van der Waals surface area contributed by atoms with Gasteiger partial charge in [0.1, 0.15) is 5.82 Å². The second-order valence-electron chi connectivity index (χ2n) is 7.61. The molecule has 0 saturated heterocycles. The minimum Gasteiger partial charge on any atom is -0.355 e. The highest BCUT2D eigenvalue weighted by Crippen LogP contribution is 2.44. The number of thioether (sulfide) groups is 1. The lowest BCUT2D eigenvalue weighted by atomic mass is 9.64. The van der Waals surface area contributed by atoms with Crippen molar-refractivity contribution in [3.05, 3.63) is 40.7 Å². The Morgan fingerprint density at radius 1 is 1.30 bits per heavy atom. The van der Waals surface area contributed by atoms with E-state index in [0.29, 0.717) is 23.9 Å². The van der Waals surface area contributed by atoms with E-state index in [1.807, 2.05) is 35.9 Å². The summed E-state index contributed by atoms with van der Waals surface area (Å²) in [6, 6.07) is 7.67. The molecule has 0 bridgehead atoms. The molecule has 1 aromatic heterocycles. The smallest absolute Gasteiger partial charge is 0.230 e. The molecule has 0 aliphatic heterocycles. The van der Waals surface area contributed by atoms with Crippen LogP contribution in [-0.4, -0.2) is 33.0 Å². The third kappa shape index (κ3) is 4.49. The molecule has 1 amide bonds. The van der Waals surface area contributed by atoms with Gasteiger partial charge in [-0.25, -0.2) is 0 Å². The fraction of sp³-hybridized carbons (Fsp3) is 0.550. The molecule has 1 aromatic carbocycles. The summed E-state index contributed by atoms with van der Waals surface area (Å²) in [4.78, 5) is 12.9. The molecule has 1 aliphatic rings. The van der Waals surface area contributed by atoms with Gasteiger partial charge >= 0.3 is 0 Å². The molecule has 2 aromatic rings. The largest absolute Gasteiger partial charge is 0.355 e. The van der Waals surface area contributed by atoms with Gasteiger partial charge in [0.05, 0.1) is 5.41 Å². The summed E-state index contributed by atoms with van der Waals surface area (Å²) < 4.78 is 2.03. The van der Waals surface area contributed by atoms with Crippen LogP contribution in [0.1, 0.15) is 44.5 Å². The number of halogens is 1. The summed E-state index contributed by atoms with van der Waals surface area (Å²) in [5, 5.41) is 13.3. The monoisotopic (exact) mass is 406 g/mol. The van der Waals surface area contributed by atoms with Gasteiger partial charge < -0.3 is 9.88 Å². The van der Waals surface area contributed by atoms with E-state index >= 15 is 0 Å². The van der Waals surface area contributed by atoms with E-state index in [-0.39, 0.29) is 5.91 Å². The van der Waals surface area contributed by atoms with E-state index in [2.05, 4.69) is 29.4 Å². The average molecular weight is 407 g/mol. The van der Waals surface area contributed by atoms with Gasteiger partial charge in [-0.05, 0) is 36.5 Å². The Morgan fingerprint density at radius 2 is 2.00 bits per heavy atom. The number of hydrogen-bond donors (Lipinski definition) is 1. The van der Waals surface area contributed by atoms with Crippen LogP contribution < -0.4 is 5.32 Å². The molecule has 1 N–H and O–H groups in total. The van der Waals surface area contributed by atoms with Crippen molar-refractivity contribution in [2.75, 3.05) is 12.3 Å². The Kier molecular flexibility index (Phi) is 6.48. The maximum Gasteiger partial charge on any atom is 0.230 e. The second kappa shape index (κ2) is 8.65. The zero-order chi connectivity index (χ0) is 19.4. The molecule has 0 radical (unpaired) electrons. The first-order valence-corrected chi connectivity index (χ1v) is 10.8. The Labute approximate surface area is 170 Å². The lowest BCUT2D eigenvalue weighted by molar-refractivity contribution is -0.129. The molecule has 1 saturated carbocycles. The molecule has 0 spiro atoms. The van der Waals surface area contributed by atoms with Gasteiger partial charge in [0.2, 0.25) is 5.91 Å². The number of hydrogen-bond acceptors (Lipinski definition) is 4. The zero-order valence-electron chi connectivity index (χ0n) is 16.2. The summed E-state index contributed by atoms with van der Waals surface area (Å²) in [7, 11) is 1.99. The SMILES string of the molecule is CC(C)CSc1nnc(CCNC(=O)C2(c3ccc(Cl)cc3)CCC2)n1C. The van der Waals surface area contributed by atoms with Crippen LogP contribution in [0.4, 0.5) is 0 Å². The minimum absolute atomic E-state index is 0.104. The van der Waals surface area contributed by atoms with E-state index in [9.17, 15) is 4.79 Å². The van der Waals surface area contributed by atoms with Crippen molar-refractivity contribution in [2.24, 2.45) is 13.0 Å². The third-order valence-electron chi connectivity index (χ3n) is 5.14. The van der Waals surface area contributed by atoms with Gasteiger partial charge in [-0.3, -0.25) is 4.79 Å². The first-order valence-electron chi connectivity index (χ1n) is 9.48. The molecule has 27 heavy (non-hydrogen) atoms. The van der Waals surface area contributed by atoms with Gasteiger partial charge in [0.15, 0.2) is 5.16 Å². The summed E-state index contributed by atoms with van der Waals surface area (Å²) in [6.07, 6.45) is 3.53. The average Bonchev–Trinajstić information content (AvgIpc) is 2.94. The normalized spacial score (nSPS) is 15.6. The number of aromatic nitrogens is 3. The van der Waals surface area contributed by atoms with Crippen molar-refractivity contribution in [3.63, 3.8) is 0 Å². The first kappa shape index (κ1) is 20.2. The van der Waals surface area contributed by atoms with Gasteiger partial charge in [-0.1, -0.05) is 55.8 Å². The molecular weight excluding hydrogens is 380 g/mol. The maximum absolute atomic E-state index is 12.9. The van der Waals surface area contributed by atoms with Crippen molar-refractivity contribution in [2.45, 2.75) is 50.1 Å². The van der Waals surface area contributed by atoms with E-state index < -0.39 is 5.41 Å². The van der Waals surface area contributed by atoms with Gasteiger partial charge in [-0.15, -0.1) is 10.2 Å². The standard InChI is InChI=1S/C20H27ClN4OS/c1-14(2)13-27-19-24-23-17(25(19)3)9-12-22-18(26)20(10-4-11-20)15-5-7-16(21)8-6-15/h5-8,14H,4,9-13H2,1-3H3,(H,22,26). The molecule has 0 atom stereocenters. The quantitative estimate of drug-likeness (QED) is 0.673. The van der Waals surface area contributed by atoms with E-state index in [0.717, 1.165) is 41.6 Å². The zero-order valence-corrected chi connectivity index (χ0v) is 17.7. The maximum atomic E-state index is 12.9. The van der Waals surface area contributed by atoms with E-state index in [1.54, 1.807) is 11.8 Å². The number of benzene rings is 1. The Balaban J connectivity index is 1.57. The van der Waals surface area contributed by atoms with Crippen molar-refractivity contribution in [1.82, 2.24) is 20.1 Å². The number of nitrogens with zero attached hydrogens (tertiary/aromatic N) is 3. The fourth-order valence-corrected chi connectivity index (χ4v) is 4.34.